The van der Waals surface area contributed by atoms with Gasteiger partial charge in [0, 0.05) is 8.04 Å². The molecule has 0 radical (unpaired) electrons. The number of nitrogens with one attached hydrogen (secondary N) is 1. The third kappa shape index (κ3) is 3.46. The summed E-state index contributed by atoms with van der Waals surface area (Å²) in [7, 11) is 0. The second kappa shape index (κ2) is 6.19. The first-order valence-corrected chi connectivity index (χ1v) is 7.42. The summed E-state index contributed by atoms with van der Waals surface area (Å²) in [5.74, 6) is -1.94. The molecule has 7 heteroatoms. The summed E-state index contributed by atoms with van der Waals surface area (Å²) in [6.07, 6.45) is 0. The van der Waals surface area contributed by atoms with Gasteiger partial charge in [0.05, 0.1) is 24.8 Å². The maximum atomic E-state index is 12.1. The van der Waals surface area contributed by atoms with E-state index in [1.54, 1.807) is 12.1 Å². The lowest BCUT2D eigenvalue weighted by Crippen LogP contribution is -2.42. The Morgan fingerprint density at radius 3 is 2.84 bits per heavy atom. The summed E-state index contributed by atoms with van der Waals surface area (Å²) in [6.45, 7) is 0.359. The molecule has 1 aromatic rings. The van der Waals surface area contributed by atoms with E-state index in [-0.39, 0.29) is 19.1 Å². The van der Waals surface area contributed by atoms with Crippen molar-refractivity contribution in [3.8, 4) is 0 Å². The summed E-state index contributed by atoms with van der Waals surface area (Å²) >= 11 is 5.43. The minimum absolute atomic E-state index is 0.133. The highest BCUT2D eigenvalue weighted by atomic mass is 127. The van der Waals surface area contributed by atoms with Gasteiger partial charge in [-0.25, -0.2) is 0 Å². The van der Waals surface area contributed by atoms with Crippen molar-refractivity contribution >= 4 is 50.4 Å². The Hall–Kier alpha value is -0.670. The van der Waals surface area contributed by atoms with Crippen molar-refractivity contribution < 1.29 is 19.4 Å². The third-order valence-electron chi connectivity index (χ3n) is 2.89. The fourth-order valence-electron chi connectivity index (χ4n) is 1.86. The second-order valence-corrected chi connectivity index (χ2v) is 6.29. The van der Waals surface area contributed by atoms with Gasteiger partial charge in [0.2, 0.25) is 0 Å². The molecule has 1 aliphatic heterocycles. The minimum Gasteiger partial charge on any atom is -0.481 e. The Morgan fingerprint density at radius 2 is 2.16 bits per heavy atom. The summed E-state index contributed by atoms with van der Waals surface area (Å²) in [4.78, 5) is 23.2. The standard InChI is InChI=1S/C12H11BrINO4/c13-9-2-1-6(14)3-7(9)11(16)15-10-5-19-4-8(10)12(17)18/h1-3,8,10H,4-5H2,(H,15,16)(H,17,18). The maximum absolute atomic E-state index is 12.1. The summed E-state index contributed by atoms with van der Waals surface area (Å²) in [6, 6.07) is 4.91. The Balaban J connectivity index is 2.12. The second-order valence-electron chi connectivity index (χ2n) is 4.19. The van der Waals surface area contributed by atoms with Gasteiger partial charge in [-0.2, -0.15) is 0 Å². The molecule has 0 spiro atoms. The lowest BCUT2D eigenvalue weighted by molar-refractivity contribution is -0.142. The van der Waals surface area contributed by atoms with E-state index in [2.05, 4.69) is 43.8 Å². The molecule has 0 saturated carbocycles. The van der Waals surface area contributed by atoms with E-state index in [1.165, 1.54) is 0 Å². The zero-order valence-electron chi connectivity index (χ0n) is 9.73. The summed E-state index contributed by atoms with van der Waals surface area (Å²) in [5, 5.41) is 11.7. The molecule has 1 aliphatic rings. The molecular formula is C12H11BrINO4. The highest BCUT2D eigenvalue weighted by Gasteiger charge is 2.35. The van der Waals surface area contributed by atoms with Gasteiger partial charge in [-0.3, -0.25) is 9.59 Å². The van der Waals surface area contributed by atoms with Crippen LogP contribution in [-0.2, 0) is 9.53 Å². The molecule has 1 saturated heterocycles. The van der Waals surface area contributed by atoms with Gasteiger partial charge in [-0.15, -0.1) is 0 Å². The molecule has 1 aromatic carbocycles. The third-order valence-corrected chi connectivity index (χ3v) is 4.25. The number of amides is 1. The zero-order chi connectivity index (χ0) is 14.0. The number of halogens is 2. The molecule has 1 amide bonds. The van der Waals surface area contributed by atoms with Gasteiger partial charge < -0.3 is 15.2 Å². The van der Waals surface area contributed by atoms with Crippen molar-refractivity contribution in [1.29, 1.82) is 0 Å². The highest BCUT2D eigenvalue weighted by Crippen LogP contribution is 2.21. The quantitative estimate of drug-likeness (QED) is 0.705. The van der Waals surface area contributed by atoms with Crippen molar-refractivity contribution in [1.82, 2.24) is 5.32 Å². The van der Waals surface area contributed by atoms with E-state index >= 15 is 0 Å². The van der Waals surface area contributed by atoms with E-state index in [1.807, 2.05) is 6.07 Å². The number of carboxylic acids is 1. The van der Waals surface area contributed by atoms with E-state index in [9.17, 15) is 9.59 Å². The van der Waals surface area contributed by atoms with Crippen LogP contribution in [0.2, 0.25) is 0 Å². The number of aliphatic carboxylic acids is 1. The van der Waals surface area contributed by atoms with Crippen LogP contribution in [0.25, 0.3) is 0 Å². The number of rotatable bonds is 3. The first-order chi connectivity index (χ1) is 8.99. The lowest BCUT2D eigenvalue weighted by atomic mass is 10.0. The molecule has 2 rings (SSSR count). The monoisotopic (exact) mass is 439 g/mol. The SMILES string of the molecule is O=C(NC1COCC1C(=O)O)c1cc(I)ccc1Br. The fourth-order valence-corrected chi connectivity index (χ4v) is 2.78. The summed E-state index contributed by atoms with van der Waals surface area (Å²) in [5.41, 5.74) is 0.489. The van der Waals surface area contributed by atoms with Crippen LogP contribution in [-0.4, -0.2) is 36.2 Å². The van der Waals surface area contributed by atoms with Crippen LogP contribution in [0.15, 0.2) is 22.7 Å². The average Bonchev–Trinajstić information content (AvgIpc) is 2.80. The number of carboxylic acid groups (broad SMARTS) is 1. The van der Waals surface area contributed by atoms with E-state index in [4.69, 9.17) is 9.84 Å². The van der Waals surface area contributed by atoms with E-state index in [0.29, 0.717) is 10.0 Å². The molecule has 0 aromatic heterocycles. The fraction of sp³-hybridized carbons (Fsp3) is 0.333. The molecular weight excluding hydrogens is 429 g/mol. The first-order valence-electron chi connectivity index (χ1n) is 5.55. The van der Waals surface area contributed by atoms with Gasteiger partial charge in [0.25, 0.3) is 5.91 Å². The molecule has 2 N–H and O–H groups in total. The van der Waals surface area contributed by atoms with Gasteiger partial charge in [-0.05, 0) is 56.7 Å². The molecule has 5 nitrogen and oxygen atoms in total. The van der Waals surface area contributed by atoms with Gasteiger partial charge in [0.15, 0.2) is 0 Å². The van der Waals surface area contributed by atoms with Crippen molar-refractivity contribution in [3.63, 3.8) is 0 Å². The van der Waals surface area contributed by atoms with Crippen LogP contribution in [0.3, 0.4) is 0 Å². The molecule has 1 fully saturated rings. The van der Waals surface area contributed by atoms with Crippen molar-refractivity contribution in [3.05, 3.63) is 31.8 Å². The molecule has 102 valence electrons. The van der Waals surface area contributed by atoms with Gasteiger partial charge in [-0.1, -0.05) is 0 Å². The number of benzene rings is 1. The van der Waals surface area contributed by atoms with Crippen molar-refractivity contribution in [2.24, 2.45) is 5.92 Å². The first kappa shape index (κ1) is 14.7. The van der Waals surface area contributed by atoms with Crippen LogP contribution in [0.4, 0.5) is 0 Å². The molecule has 0 bridgehead atoms. The number of ether oxygens (including phenoxy) is 1. The highest BCUT2D eigenvalue weighted by molar-refractivity contribution is 14.1. The number of hydrogen-bond acceptors (Lipinski definition) is 3. The molecule has 19 heavy (non-hydrogen) atoms. The van der Waals surface area contributed by atoms with Crippen LogP contribution in [0, 0.1) is 9.49 Å². The number of carbonyl (C=O) groups excluding carboxylic acids is 1. The number of hydrogen-bond donors (Lipinski definition) is 2. The Kier molecular flexibility index (Phi) is 4.80. The molecule has 0 aliphatic carbocycles. The van der Waals surface area contributed by atoms with Crippen molar-refractivity contribution in [2.45, 2.75) is 6.04 Å². The minimum atomic E-state index is -0.954. The average molecular weight is 440 g/mol. The lowest BCUT2D eigenvalue weighted by Gasteiger charge is -2.16. The Labute approximate surface area is 132 Å². The zero-order valence-corrected chi connectivity index (χ0v) is 13.5. The molecule has 2 unspecified atom stereocenters. The van der Waals surface area contributed by atoms with Crippen molar-refractivity contribution in [2.75, 3.05) is 13.2 Å². The topological polar surface area (TPSA) is 75.6 Å². The van der Waals surface area contributed by atoms with Crippen LogP contribution >= 0.6 is 38.5 Å². The predicted octanol–water partition coefficient (Wildman–Crippen LogP) is 1.88. The van der Waals surface area contributed by atoms with Crippen LogP contribution in [0.1, 0.15) is 10.4 Å². The Bertz CT molecular complexity index is 522. The normalized spacial score (nSPS) is 22.2. The summed E-state index contributed by atoms with van der Waals surface area (Å²) < 4.78 is 6.72. The van der Waals surface area contributed by atoms with Gasteiger partial charge >= 0.3 is 5.97 Å². The molecule has 2 atom stereocenters. The predicted molar refractivity (Wildman–Crippen MR) is 80.1 cm³/mol. The largest absolute Gasteiger partial charge is 0.481 e. The van der Waals surface area contributed by atoms with Crippen LogP contribution in [0.5, 0.6) is 0 Å². The maximum Gasteiger partial charge on any atom is 0.311 e. The van der Waals surface area contributed by atoms with Gasteiger partial charge in [0.1, 0.15) is 5.92 Å². The van der Waals surface area contributed by atoms with E-state index in [0.717, 1.165) is 3.57 Å². The van der Waals surface area contributed by atoms with Crippen LogP contribution < -0.4 is 5.32 Å². The van der Waals surface area contributed by atoms with E-state index < -0.39 is 17.9 Å². The smallest absolute Gasteiger partial charge is 0.311 e. The number of carbonyl (C=O) groups is 2. The Morgan fingerprint density at radius 1 is 1.42 bits per heavy atom. The molecule has 1 heterocycles.